The largest absolute Gasteiger partial charge is 0.352 e. The molecule has 1 aliphatic heterocycles. The molecule has 0 atom stereocenters. The highest BCUT2D eigenvalue weighted by Crippen LogP contribution is 2.22. The van der Waals surface area contributed by atoms with Crippen LogP contribution in [0.5, 0.6) is 0 Å². The molecule has 0 radical (unpaired) electrons. The van der Waals surface area contributed by atoms with Gasteiger partial charge in [-0.1, -0.05) is 0 Å². The second kappa shape index (κ2) is 5.86. The Kier molecular flexibility index (Phi) is 4.64. The van der Waals surface area contributed by atoms with Crippen molar-refractivity contribution in [3.05, 3.63) is 18.0 Å². The summed E-state index contributed by atoms with van der Waals surface area (Å²) in [4.78, 5) is 0.354. The molecule has 0 spiro atoms. The van der Waals surface area contributed by atoms with E-state index in [0.717, 1.165) is 23.6 Å². The van der Waals surface area contributed by atoms with Crippen LogP contribution in [-0.2, 0) is 23.0 Å². The fourth-order valence-electron chi connectivity index (χ4n) is 1.96. The van der Waals surface area contributed by atoms with Gasteiger partial charge in [-0.3, -0.25) is 0 Å². The number of rotatable bonds is 3. The van der Waals surface area contributed by atoms with Gasteiger partial charge in [-0.15, -0.1) is 11.6 Å². The van der Waals surface area contributed by atoms with Gasteiger partial charge in [-0.25, -0.2) is 8.42 Å². The number of hydrogen-bond donors (Lipinski definition) is 0. The Bertz CT molecular complexity index is 505. The van der Waals surface area contributed by atoms with Gasteiger partial charge in [-0.2, -0.15) is 16.1 Å². The van der Waals surface area contributed by atoms with Crippen LogP contribution in [0.4, 0.5) is 0 Å². The maximum absolute atomic E-state index is 12.5. The van der Waals surface area contributed by atoms with Crippen molar-refractivity contribution in [2.24, 2.45) is 7.05 Å². The van der Waals surface area contributed by atoms with Crippen LogP contribution in [0.25, 0.3) is 0 Å². The molecule has 1 fully saturated rings. The molecule has 18 heavy (non-hydrogen) atoms. The monoisotopic (exact) mass is 308 g/mol. The minimum atomic E-state index is -3.36. The van der Waals surface area contributed by atoms with Crippen molar-refractivity contribution < 1.29 is 8.42 Å². The average molecular weight is 309 g/mol. The number of thioether (sulfide) groups is 1. The summed E-state index contributed by atoms with van der Waals surface area (Å²) in [5.41, 5.74) is 0.819. The van der Waals surface area contributed by atoms with Crippen LogP contribution >= 0.6 is 23.4 Å². The van der Waals surface area contributed by atoms with E-state index in [9.17, 15) is 8.42 Å². The van der Waals surface area contributed by atoms with Gasteiger partial charge in [0.1, 0.15) is 4.90 Å². The van der Waals surface area contributed by atoms with Crippen molar-refractivity contribution in [3.8, 4) is 0 Å². The number of halogens is 1. The fraction of sp³-hybridized carbons (Fsp3) is 0.636. The summed E-state index contributed by atoms with van der Waals surface area (Å²) >= 11 is 7.59. The quantitative estimate of drug-likeness (QED) is 0.801. The summed E-state index contributed by atoms with van der Waals surface area (Å²) in [5.74, 6) is 2.23. The maximum Gasteiger partial charge on any atom is 0.244 e. The molecule has 7 heteroatoms. The molecule has 102 valence electrons. The van der Waals surface area contributed by atoms with Crippen LogP contribution in [0.1, 0.15) is 12.1 Å². The van der Waals surface area contributed by atoms with Crippen molar-refractivity contribution in [2.75, 3.05) is 24.6 Å². The van der Waals surface area contributed by atoms with Gasteiger partial charge >= 0.3 is 0 Å². The average Bonchev–Trinajstić information content (AvgIpc) is 2.55. The Labute approximate surface area is 117 Å². The first kappa shape index (κ1) is 14.2. The Morgan fingerprint density at radius 1 is 1.39 bits per heavy atom. The van der Waals surface area contributed by atoms with Gasteiger partial charge < -0.3 is 4.57 Å². The first-order valence-corrected chi connectivity index (χ1v) is 8.97. The van der Waals surface area contributed by atoms with E-state index >= 15 is 0 Å². The highest BCUT2D eigenvalue weighted by atomic mass is 35.5. The highest BCUT2D eigenvalue weighted by Gasteiger charge is 2.26. The van der Waals surface area contributed by atoms with E-state index in [-0.39, 0.29) is 0 Å². The Morgan fingerprint density at radius 2 is 2.17 bits per heavy atom. The van der Waals surface area contributed by atoms with Crippen molar-refractivity contribution in [1.82, 2.24) is 8.87 Å². The van der Waals surface area contributed by atoms with Crippen molar-refractivity contribution in [2.45, 2.75) is 17.2 Å². The van der Waals surface area contributed by atoms with Crippen LogP contribution in [0.3, 0.4) is 0 Å². The molecule has 0 saturated carbocycles. The highest BCUT2D eigenvalue weighted by molar-refractivity contribution is 7.99. The molecule has 0 bridgehead atoms. The van der Waals surface area contributed by atoms with Gasteiger partial charge in [0.15, 0.2) is 0 Å². The third-order valence-electron chi connectivity index (χ3n) is 3.04. The van der Waals surface area contributed by atoms with E-state index in [0.29, 0.717) is 23.9 Å². The second-order valence-corrected chi connectivity index (χ2v) is 7.71. The lowest BCUT2D eigenvalue weighted by atomic mass is 10.5. The molecule has 0 aliphatic carbocycles. The molecule has 1 aliphatic rings. The molecule has 4 nitrogen and oxygen atoms in total. The van der Waals surface area contributed by atoms with Gasteiger partial charge in [0.05, 0.1) is 5.88 Å². The van der Waals surface area contributed by atoms with Crippen LogP contribution in [0.15, 0.2) is 17.2 Å². The van der Waals surface area contributed by atoms with E-state index in [1.165, 1.54) is 0 Å². The molecule has 0 aromatic carbocycles. The molecule has 1 aromatic rings. The first-order valence-electron chi connectivity index (χ1n) is 5.85. The van der Waals surface area contributed by atoms with Crippen molar-refractivity contribution in [3.63, 3.8) is 0 Å². The summed E-state index contributed by atoms with van der Waals surface area (Å²) in [5, 5.41) is 0. The Morgan fingerprint density at radius 3 is 2.83 bits per heavy atom. The smallest absolute Gasteiger partial charge is 0.244 e. The molecule has 0 unspecified atom stereocenters. The molecule has 2 heterocycles. The van der Waals surface area contributed by atoms with E-state index in [4.69, 9.17) is 11.6 Å². The Balaban J connectivity index is 2.28. The number of hydrogen-bond acceptors (Lipinski definition) is 3. The molecule has 0 amide bonds. The summed E-state index contributed by atoms with van der Waals surface area (Å²) in [6.45, 7) is 1.21. The van der Waals surface area contributed by atoms with E-state index in [1.807, 2.05) is 18.8 Å². The minimum Gasteiger partial charge on any atom is -0.352 e. The lowest BCUT2D eigenvalue weighted by Crippen LogP contribution is -2.32. The lowest BCUT2D eigenvalue weighted by molar-refractivity contribution is 0.435. The predicted molar refractivity (Wildman–Crippen MR) is 75.7 cm³/mol. The molecule has 1 aromatic heterocycles. The summed E-state index contributed by atoms with van der Waals surface area (Å²) in [7, 11) is -1.54. The topological polar surface area (TPSA) is 42.3 Å². The summed E-state index contributed by atoms with van der Waals surface area (Å²) in [6.07, 6.45) is 2.56. The van der Waals surface area contributed by atoms with E-state index in [1.54, 1.807) is 21.1 Å². The second-order valence-electron chi connectivity index (χ2n) is 4.28. The number of aryl methyl sites for hydroxylation is 1. The zero-order valence-corrected chi connectivity index (χ0v) is 12.7. The van der Waals surface area contributed by atoms with Crippen LogP contribution in [0, 0.1) is 0 Å². The normalized spacial score (nSPS) is 18.8. The zero-order valence-electron chi connectivity index (χ0n) is 10.3. The van der Waals surface area contributed by atoms with E-state index in [2.05, 4.69) is 0 Å². The van der Waals surface area contributed by atoms with Gasteiger partial charge in [0.2, 0.25) is 10.0 Å². The summed E-state index contributed by atoms with van der Waals surface area (Å²) in [6, 6.07) is 1.67. The fourth-order valence-corrected chi connectivity index (χ4v) is 4.81. The van der Waals surface area contributed by atoms with Gasteiger partial charge in [-0.05, 0) is 18.2 Å². The first-order chi connectivity index (χ1) is 8.55. The minimum absolute atomic E-state index is 0.321. The van der Waals surface area contributed by atoms with Crippen LogP contribution < -0.4 is 0 Å². The molecule has 0 N–H and O–H groups in total. The number of sulfonamides is 1. The van der Waals surface area contributed by atoms with Crippen LogP contribution in [-0.4, -0.2) is 41.9 Å². The molecule has 1 saturated heterocycles. The zero-order chi connectivity index (χ0) is 13.2. The standard InChI is InChI=1S/C11H17ClN2O2S2/c1-13-9-11(7-10(13)8-12)18(15,16)14-3-2-5-17-6-4-14/h7,9H,2-6,8H2,1H3. The van der Waals surface area contributed by atoms with Crippen molar-refractivity contribution in [1.29, 1.82) is 0 Å². The number of nitrogens with zero attached hydrogens (tertiary/aromatic N) is 2. The Hall–Kier alpha value is -0.170. The maximum atomic E-state index is 12.5. The number of aromatic nitrogens is 1. The summed E-state index contributed by atoms with van der Waals surface area (Å²) < 4.78 is 28.3. The van der Waals surface area contributed by atoms with Gasteiger partial charge in [0.25, 0.3) is 0 Å². The lowest BCUT2D eigenvalue weighted by Gasteiger charge is -2.18. The third kappa shape index (κ3) is 2.87. The van der Waals surface area contributed by atoms with Gasteiger partial charge in [0, 0.05) is 37.8 Å². The SMILES string of the molecule is Cn1cc(S(=O)(=O)N2CCCSCC2)cc1CCl. The van der Waals surface area contributed by atoms with E-state index < -0.39 is 10.0 Å². The van der Waals surface area contributed by atoms with Crippen LogP contribution in [0.2, 0.25) is 0 Å². The third-order valence-corrected chi connectivity index (χ3v) is 6.23. The molecular formula is C11H17ClN2O2S2. The predicted octanol–water partition coefficient (Wildman–Crippen LogP) is 1.89. The number of alkyl halides is 1. The molecular weight excluding hydrogens is 292 g/mol. The van der Waals surface area contributed by atoms with Crippen molar-refractivity contribution >= 4 is 33.4 Å². The molecule has 2 rings (SSSR count).